The first-order valence-corrected chi connectivity index (χ1v) is 7.57. The summed E-state index contributed by atoms with van der Waals surface area (Å²) < 4.78 is 4.98. The molecule has 3 fully saturated rings. The molecule has 122 valence electrons. The highest BCUT2D eigenvalue weighted by molar-refractivity contribution is 5.82. The van der Waals surface area contributed by atoms with E-state index in [9.17, 15) is 19.5 Å². The predicted octanol–water partition coefficient (Wildman–Crippen LogP) is 1.72. The molecular weight excluding hydrogens is 290 g/mol. The van der Waals surface area contributed by atoms with Gasteiger partial charge < -0.3 is 14.7 Å². The molecule has 7 heteroatoms. The van der Waals surface area contributed by atoms with Gasteiger partial charge in [0, 0.05) is 0 Å². The van der Waals surface area contributed by atoms with Crippen molar-refractivity contribution >= 4 is 18.0 Å². The fourth-order valence-corrected chi connectivity index (χ4v) is 4.06. The minimum atomic E-state index is -0.834. The van der Waals surface area contributed by atoms with E-state index in [0.717, 1.165) is 12.8 Å². The highest BCUT2D eigenvalue weighted by Gasteiger charge is 2.76. The summed E-state index contributed by atoms with van der Waals surface area (Å²) in [4.78, 5) is 39.7. The Morgan fingerprint density at radius 1 is 1.23 bits per heavy atom. The Balaban J connectivity index is 1.55. The van der Waals surface area contributed by atoms with Gasteiger partial charge in [0.15, 0.2) is 0 Å². The fraction of sp³-hybridized carbons (Fsp3) is 0.800. The first kappa shape index (κ1) is 15.1. The number of hydroxylamine groups is 1. The molecule has 3 aliphatic rings. The summed E-state index contributed by atoms with van der Waals surface area (Å²) >= 11 is 0. The van der Waals surface area contributed by atoms with Crippen LogP contribution < -0.4 is 5.48 Å². The number of amides is 1. The molecule has 3 aliphatic carbocycles. The quantitative estimate of drug-likeness (QED) is 0.753. The van der Waals surface area contributed by atoms with Gasteiger partial charge in [0.05, 0.1) is 11.8 Å². The highest BCUT2D eigenvalue weighted by atomic mass is 16.7. The Hall–Kier alpha value is -1.79. The van der Waals surface area contributed by atoms with Crippen molar-refractivity contribution in [1.29, 1.82) is 0 Å². The van der Waals surface area contributed by atoms with Crippen LogP contribution in [-0.4, -0.2) is 28.7 Å². The van der Waals surface area contributed by atoms with E-state index in [1.165, 1.54) is 0 Å². The van der Waals surface area contributed by atoms with Crippen LogP contribution in [0.5, 0.6) is 0 Å². The third kappa shape index (κ3) is 2.53. The molecular formula is C15H21NO6. The van der Waals surface area contributed by atoms with Gasteiger partial charge in [-0.05, 0) is 57.3 Å². The van der Waals surface area contributed by atoms with E-state index in [0.29, 0.717) is 6.42 Å². The van der Waals surface area contributed by atoms with Gasteiger partial charge in [-0.25, -0.2) is 9.59 Å². The number of fused-ring (bicyclic) bond motifs is 2. The normalized spacial score (nSPS) is 33.8. The number of carbonyl (C=O) groups excluding carboxylic acids is 2. The molecule has 22 heavy (non-hydrogen) atoms. The maximum Gasteiger partial charge on any atom is 0.441 e. The number of hydrogen-bond donors (Lipinski definition) is 2. The lowest BCUT2D eigenvalue weighted by atomic mass is 9.91. The standard InChI is InChI=1S/C15H21NO6/c1-14(2,3)21-13(20)16-22-12(19)7-6-15(4-5-15)10-8(7)9(10)11(17)18/h7-10H,4-6H2,1-3H3,(H,16,20)(H,17,18)/t7-,8-,9-,10+/m0/s1. The maximum atomic E-state index is 12.2. The predicted molar refractivity (Wildman–Crippen MR) is 73.3 cm³/mol. The first-order valence-electron chi connectivity index (χ1n) is 7.57. The summed E-state index contributed by atoms with van der Waals surface area (Å²) in [6.45, 7) is 5.11. The van der Waals surface area contributed by atoms with Gasteiger partial charge in [-0.3, -0.25) is 4.79 Å². The second kappa shape index (κ2) is 4.60. The second-order valence-electron chi connectivity index (χ2n) is 7.67. The number of aliphatic carboxylic acids is 1. The molecule has 0 aromatic rings. The molecule has 0 radical (unpaired) electrons. The summed E-state index contributed by atoms with van der Waals surface area (Å²) in [7, 11) is 0. The molecule has 2 N–H and O–H groups in total. The molecule has 7 nitrogen and oxygen atoms in total. The Labute approximate surface area is 128 Å². The number of carbonyl (C=O) groups is 3. The molecule has 0 aromatic carbocycles. The average Bonchev–Trinajstić information content (AvgIpc) is 3.21. The van der Waals surface area contributed by atoms with E-state index >= 15 is 0 Å². The Kier molecular flexibility index (Phi) is 3.16. The van der Waals surface area contributed by atoms with Crippen LogP contribution >= 0.6 is 0 Å². The molecule has 3 rings (SSSR count). The van der Waals surface area contributed by atoms with Gasteiger partial charge in [-0.15, -0.1) is 5.48 Å². The Morgan fingerprint density at radius 2 is 1.86 bits per heavy atom. The van der Waals surface area contributed by atoms with Crippen molar-refractivity contribution < 1.29 is 29.1 Å². The molecule has 0 heterocycles. The molecule has 0 unspecified atom stereocenters. The van der Waals surface area contributed by atoms with Crippen molar-refractivity contribution in [3.05, 3.63) is 0 Å². The van der Waals surface area contributed by atoms with Crippen molar-refractivity contribution in [1.82, 2.24) is 5.48 Å². The molecule has 0 saturated heterocycles. The van der Waals surface area contributed by atoms with Gasteiger partial charge in [-0.2, -0.15) is 0 Å². The van der Waals surface area contributed by atoms with E-state index < -0.39 is 35.5 Å². The topological polar surface area (TPSA) is 102 Å². The zero-order chi connectivity index (χ0) is 16.3. The van der Waals surface area contributed by atoms with Crippen LogP contribution in [0, 0.1) is 29.1 Å². The number of carboxylic acid groups (broad SMARTS) is 1. The van der Waals surface area contributed by atoms with Gasteiger partial charge >= 0.3 is 18.0 Å². The Morgan fingerprint density at radius 3 is 2.36 bits per heavy atom. The first-order chi connectivity index (χ1) is 10.1. The van der Waals surface area contributed by atoms with Crippen LogP contribution in [0.2, 0.25) is 0 Å². The number of rotatable bonds is 2. The van der Waals surface area contributed by atoms with Crippen molar-refractivity contribution in [2.75, 3.05) is 0 Å². The summed E-state index contributed by atoms with van der Waals surface area (Å²) in [5.74, 6) is -2.32. The maximum absolute atomic E-state index is 12.2. The van der Waals surface area contributed by atoms with Crippen molar-refractivity contribution in [3.63, 3.8) is 0 Å². The van der Waals surface area contributed by atoms with Crippen LogP contribution in [0.25, 0.3) is 0 Å². The molecule has 1 spiro atoms. The van der Waals surface area contributed by atoms with Crippen molar-refractivity contribution in [3.8, 4) is 0 Å². The third-order valence-electron chi connectivity index (χ3n) is 4.99. The monoisotopic (exact) mass is 311 g/mol. The largest absolute Gasteiger partial charge is 0.481 e. The van der Waals surface area contributed by atoms with Crippen LogP contribution in [0.15, 0.2) is 0 Å². The minimum absolute atomic E-state index is 0.0311. The SMILES string of the molecule is CC(C)(C)OC(=O)NOC(=O)[C@H]1CC2(CC2)[C@H]2[C@@H](C(=O)O)[C@@H]21. The van der Waals surface area contributed by atoms with Crippen LogP contribution in [0.1, 0.15) is 40.0 Å². The van der Waals surface area contributed by atoms with E-state index in [1.807, 2.05) is 5.48 Å². The lowest BCUT2D eigenvalue weighted by Crippen LogP contribution is -2.36. The zero-order valence-electron chi connectivity index (χ0n) is 12.9. The fourth-order valence-electron chi connectivity index (χ4n) is 4.06. The van der Waals surface area contributed by atoms with E-state index in [1.54, 1.807) is 20.8 Å². The highest BCUT2D eigenvalue weighted by Crippen LogP contribution is 2.77. The third-order valence-corrected chi connectivity index (χ3v) is 4.99. The minimum Gasteiger partial charge on any atom is -0.481 e. The summed E-state index contributed by atoms with van der Waals surface area (Å²) in [5.41, 5.74) is 1.34. The molecule has 0 aromatic heterocycles. The number of hydrogen-bond acceptors (Lipinski definition) is 5. The zero-order valence-corrected chi connectivity index (χ0v) is 12.9. The summed E-state index contributed by atoms with van der Waals surface area (Å²) in [6, 6.07) is 0. The average molecular weight is 311 g/mol. The van der Waals surface area contributed by atoms with Gasteiger partial charge in [0.25, 0.3) is 0 Å². The molecule has 1 amide bonds. The van der Waals surface area contributed by atoms with Gasteiger partial charge in [0.2, 0.25) is 0 Å². The van der Waals surface area contributed by atoms with Crippen LogP contribution in [-0.2, 0) is 19.2 Å². The molecule has 4 atom stereocenters. The van der Waals surface area contributed by atoms with Crippen molar-refractivity contribution in [2.24, 2.45) is 29.1 Å². The van der Waals surface area contributed by atoms with E-state index in [4.69, 9.17) is 9.57 Å². The van der Waals surface area contributed by atoms with Crippen LogP contribution in [0.3, 0.4) is 0 Å². The van der Waals surface area contributed by atoms with E-state index in [2.05, 4.69) is 0 Å². The Bertz CT molecular complexity index is 533. The molecule has 0 aliphatic heterocycles. The molecule has 3 saturated carbocycles. The molecule has 0 bridgehead atoms. The van der Waals surface area contributed by atoms with E-state index in [-0.39, 0.29) is 17.3 Å². The smallest absolute Gasteiger partial charge is 0.441 e. The second-order valence-corrected chi connectivity index (χ2v) is 7.67. The van der Waals surface area contributed by atoms with Crippen molar-refractivity contribution in [2.45, 2.75) is 45.6 Å². The number of nitrogens with one attached hydrogen (secondary N) is 1. The van der Waals surface area contributed by atoms with Crippen LogP contribution in [0.4, 0.5) is 4.79 Å². The number of ether oxygens (including phenoxy) is 1. The lowest BCUT2D eigenvalue weighted by molar-refractivity contribution is -0.157. The van der Waals surface area contributed by atoms with Gasteiger partial charge in [-0.1, -0.05) is 0 Å². The van der Waals surface area contributed by atoms with Gasteiger partial charge in [0.1, 0.15) is 5.60 Å². The summed E-state index contributed by atoms with van der Waals surface area (Å²) in [6.07, 6.45) is 1.81. The number of carboxylic acids is 1. The lowest BCUT2D eigenvalue weighted by Gasteiger charge is -2.20. The summed E-state index contributed by atoms with van der Waals surface area (Å²) in [5, 5.41) is 9.22.